The molecule has 1 atom stereocenters. The Morgan fingerprint density at radius 1 is 1.16 bits per heavy atom. The molecule has 108 valence electrons. The second-order valence-corrected chi connectivity index (χ2v) is 5.39. The fraction of sp³-hybridized carbons (Fsp3) is 0.538. The molecule has 1 aliphatic rings. The van der Waals surface area contributed by atoms with Gasteiger partial charge in [0.15, 0.2) is 0 Å². The lowest BCUT2D eigenvalue weighted by atomic mass is 10.0. The fourth-order valence-corrected chi connectivity index (χ4v) is 2.99. The van der Waals surface area contributed by atoms with E-state index in [0.29, 0.717) is 16.5 Å². The molecule has 1 saturated heterocycles. The minimum Gasteiger partial charge on any atom is -0.396 e. The van der Waals surface area contributed by atoms with Crippen LogP contribution in [0.2, 0.25) is 10.0 Å². The highest BCUT2D eigenvalue weighted by atomic mass is 35.5. The summed E-state index contributed by atoms with van der Waals surface area (Å²) in [5.41, 5.74) is 1.09. The van der Waals surface area contributed by atoms with Crippen molar-refractivity contribution in [2.24, 2.45) is 0 Å². The van der Waals surface area contributed by atoms with Gasteiger partial charge in [-0.1, -0.05) is 23.2 Å². The van der Waals surface area contributed by atoms with Crippen molar-refractivity contribution in [1.82, 2.24) is 10.2 Å². The van der Waals surface area contributed by atoms with Gasteiger partial charge in [-0.2, -0.15) is 0 Å². The molecule has 0 aliphatic carbocycles. The molecule has 1 aromatic rings. The van der Waals surface area contributed by atoms with Crippen LogP contribution in [0, 0.1) is 0 Å². The summed E-state index contributed by atoms with van der Waals surface area (Å²) >= 11 is 12.1. The quantitative estimate of drug-likeness (QED) is 0.893. The third-order valence-corrected chi connectivity index (χ3v) is 3.70. The SMILES string of the molecule is Cl.OCC[C@@H](c1cc(Cl)cc(Cl)c1)N1CCNCC1. The predicted octanol–water partition coefficient (Wildman–Crippen LogP) is 2.74. The molecule has 1 fully saturated rings. The van der Waals surface area contributed by atoms with Crippen molar-refractivity contribution in [3.63, 3.8) is 0 Å². The maximum Gasteiger partial charge on any atom is 0.0449 e. The number of hydrogen-bond acceptors (Lipinski definition) is 3. The van der Waals surface area contributed by atoms with E-state index in [1.807, 2.05) is 12.1 Å². The van der Waals surface area contributed by atoms with E-state index in [1.165, 1.54) is 0 Å². The summed E-state index contributed by atoms with van der Waals surface area (Å²) < 4.78 is 0. The van der Waals surface area contributed by atoms with Crippen molar-refractivity contribution in [3.05, 3.63) is 33.8 Å². The number of nitrogens with one attached hydrogen (secondary N) is 1. The van der Waals surface area contributed by atoms with E-state index in [4.69, 9.17) is 23.2 Å². The molecule has 0 saturated carbocycles. The molecule has 3 nitrogen and oxygen atoms in total. The number of benzene rings is 1. The van der Waals surface area contributed by atoms with E-state index >= 15 is 0 Å². The van der Waals surface area contributed by atoms with Crippen LogP contribution in [0.25, 0.3) is 0 Å². The van der Waals surface area contributed by atoms with Gasteiger partial charge in [0, 0.05) is 48.9 Å². The van der Waals surface area contributed by atoms with E-state index in [2.05, 4.69) is 10.2 Å². The first-order valence-corrected chi connectivity index (χ1v) is 6.98. The Kier molecular flexibility index (Phi) is 7.44. The summed E-state index contributed by atoms with van der Waals surface area (Å²) in [6.45, 7) is 4.09. The average Bonchev–Trinajstić information content (AvgIpc) is 2.36. The predicted molar refractivity (Wildman–Crippen MR) is 82.6 cm³/mol. The van der Waals surface area contributed by atoms with Crippen LogP contribution >= 0.6 is 35.6 Å². The summed E-state index contributed by atoms with van der Waals surface area (Å²) in [4.78, 5) is 2.37. The van der Waals surface area contributed by atoms with Gasteiger partial charge >= 0.3 is 0 Å². The van der Waals surface area contributed by atoms with Gasteiger partial charge in [-0.15, -0.1) is 12.4 Å². The monoisotopic (exact) mass is 324 g/mol. The van der Waals surface area contributed by atoms with Gasteiger partial charge < -0.3 is 10.4 Å². The zero-order valence-corrected chi connectivity index (χ0v) is 12.9. The van der Waals surface area contributed by atoms with Gasteiger partial charge in [0.05, 0.1) is 0 Å². The molecule has 1 aromatic carbocycles. The second-order valence-electron chi connectivity index (χ2n) is 4.52. The highest BCUT2D eigenvalue weighted by Crippen LogP contribution is 2.29. The third-order valence-electron chi connectivity index (χ3n) is 3.26. The van der Waals surface area contributed by atoms with Crippen molar-refractivity contribution in [2.75, 3.05) is 32.8 Å². The van der Waals surface area contributed by atoms with Gasteiger partial charge in [-0.05, 0) is 30.2 Å². The van der Waals surface area contributed by atoms with Gasteiger partial charge in [0.2, 0.25) is 0 Å². The van der Waals surface area contributed by atoms with Crippen LogP contribution in [0.4, 0.5) is 0 Å². The smallest absolute Gasteiger partial charge is 0.0449 e. The molecule has 0 bridgehead atoms. The average molecular weight is 326 g/mol. The van der Waals surface area contributed by atoms with Crippen LogP contribution in [-0.4, -0.2) is 42.8 Å². The molecule has 1 aliphatic heterocycles. The van der Waals surface area contributed by atoms with Gasteiger partial charge in [0.1, 0.15) is 0 Å². The van der Waals surface area contributed by atoms with Crippen LogP contribution in [0.3, 0.4) is 0 Å². The Bertz CT molecular complexity index is 377. The van der Waals surface area contributed by atoms with E-state index in [1.54, 1.807) is 6.07 Å². The van der Waals surface area contributed by atoms with Gasteiger partial charge in [-0.3, -0.25) is 4.90 Å². The number of aliphatic hydroxyl groups is 1. The molecule has 0 spiro atoms. The molecule has 1 heterocycles. The maximum absolute atomic E-state index is 9.26. The van der Waals surface area contributed by atoms with Crippen LogP contribution in [0.15, 0.2) is 18.2 Å². The Morgan fingerprint density at radius 3 is 2.26 bits per heavy atom. The summed E-state index contributed by atoms with van der Waals surface area (Å²) in [6.07, 6.45) is 0.705. The lowest BCUT2D eigenvalue weighted by Gasteiger charge is -2.35. The van der Waals surface area contributed by atoms with Crippen molar-refractivity contribution in [2.45, 2.75) is 12.5 Å². The zero-order chi connectivity index (χ0) is 13.0. The molecular weight excluding hydrogens is 307 g/mol. The van der Waals surface area contributed by atoms with E-state index in [0.717, 1.165) is 31.7 Å². The molecule has 0 radical (unpaired) electrons. The molecular formula is C13H19Cl3N2O. The summed E-state index contributed by atoms with van der Waals surface area (Å²) in [6, 6.07) is 5.81. The van der Waals surface area contributed by atoms with Crippen molar-refractivity contribution in [1.29, 1.82) is 0 Å². The fourth-order valence-electron chi connectivity index (χ4n) is 2.44. The third kappa shape index (κ3) is 4.78. The number of hydrogen-bond donors (Lipinski definition) is 2. The van der Waals surface area contributed by atoms with Crippen LogP contribution in [-0.2, 0) is 0 Å². The number of piperazine rings is 1. The molecule has 2 N–H and O–H groups in total. The number of aliphatic hydroxyl groups excluding tert-OH is 1. The van der Waals surface area contributed by atoms with Gasteiger partial charge in [0.25, 0.3) is 0 Å². The van der Waals surface area contributed by atoms with Crippen molar-refractivity contribution < 1.29 is 5.11 Å². The Hall–Kier alpha value is -0.0300. The standard InChI is InChI=1S/C13H18Cl2N2O.ClH/c14-11-7-10(8-12(15)9-11)13(1-6-18)17-4-2-16-3-5-17;/h7-9,13,16,18H,1-6H2;1H/t13-;/m0./s1. The van der Waals surface area contributed by atoms with Crippen molar-refractivity contribution >= 4 is 35.6 Å². The Labute approximate surface area is 130 Å². The Morgan fingerprint density at radius 2 is 1.74 bits per heavy atom. The first kappa shape index (κ1) is 17.0. The first-order chi connectivity index (χ1) is 8.70. The summed E-state index contributed by atoms with van der Waals surface area (Å²) in [7, 11) is 0. The maximum atomic E-state index is 9.26. The minimum atomic E-state index is 0. The molecule has 6 heteroatoms. The lowest BCUT2D eigenvalue weighted by Crippen LogP contribution is -2.45. The lowest BCUT2D eigenvalue weighted by molar-refractivity contribution is 0.141. The van der Waals surface area contributed by atoms with E-state index in [9.17, 15) is 5.11 Å². The molecule has 19 heavy (non-hydrogen) atoms. The summed E-state index contributed by atoms with van der Waals surface area (Å²) in [5, 5.41) is 13.9. The normalized spacial score (nSPS) is 17.8. The highest BCUT2D eigenvalue weighted by Gasteiger charge is 2.22. The van der Waals surface area contributed by atoms with Crippen molar-refractivity contribution in [3.8, 4) is 0 Å². The summed E-state index contributed by atoms with van der Waals surface area (Å²) in [5.74, 6) is 0. The minimum absolute atomic E-state index is 0. The Balaban J connectivity index is 0.00000180. The first-order valence-electron chi connectivity index (χ1n) is 6.22. The second kappa shape index (κ2) is 8.30. The number of nitrogens with zero attached hydrogens (tertiary/aromatic N) is 1. The molecule has 0 amide bonds. The topological polar surface area (TPSA) is 35.5 Å². The van der Waals surface area contributed by atoms with Crippen LogP contribution < -0.4 is 5.32 Å². The van der Waals surface area contributed by atoms with Crippen LogP contribution in [0.5, 0.6) is 0 Å². The van der Waals surface area contributed by atoms with Gasteiger partial charge in [-0.25, -0.2) is 0 Å². The molecule has 0 aromatic heterocycles. The van der Waals surface area contributed by atoms with Crippen LogP contribution in [0.1, 0.15) is 18.0 Å². The molecule has 2 rings (SSSR count). The molecule has 0 unspecified atom stereocenters. The van der Waals surface area contributed by atoms with E-state index < -0.39 is 0 Å². The zero-order valence-electron chi connectivity index (χ0n) is 10.6. The number of halogens is 3. The van der Waals surface area contributed by atoms with E-state index in [-0.39, 0.29) is 25.1 Å². The highest BCUT2D eigenvalue weighted by molar-refractivity contribution is 6.34. The largest absolute Gasteiger partial charge is 0.396 e. The number of rotatable bonds is 4.